The Morgan fingerprint density at radius 2 is 1.72 bits per heavy atom. The Bertz CT molecular complexity index is 2130. The van der Waals surface area contributed by atoms with Crippen molar-refractivity contribution in [2.45, 2.75) is 82.9 Å². The number of methoxy groups -OCH3 is 2. The molecule has 302 valence electrons. The zero-order valence-electron chi connectivity index (χ0n) is 32.0. The van der Waals surface area contributed by atoms with Crippen LogP contribution in [0, 0.1) is 0 Å². The van der Waals surface area contributed by atoms with E-state index in [-0.39, 0.29) is 41.9 Å². The van der Waals surface area contributed by atoms with E-state index in [9.17, 15) is 22.8 Å². The molecule has 2 atom stereocenters. The maximum absolute atomic E-state index is 14.5. The zero-order valence-corrected chi connectivity index (χ0v) is 32.7. The number of nitrogens with zero attached hydrogens (tertiary/aromatic N) is 4. The lowest BCUT2D eigenvalue weighted by atomic mass is 9.98. The van der Waals surface area contributed by atoms with Gasteiger partial charge in [0, 0.05) is 86.6 Å². The molecule has 4 aromatic rings. The number of pyridine rings is 3. The summed E-state index contributed by atoms with van der Waals surface area (Å²) in [6.07, 6.45) is -0.0658. The highest BCUT2D eigenvalue weighted by atomic mass is 35.5. The number of aromatic nitrogens is 3. The number of piperidine rings is 1. The van der Waals surface area contributed by atoms with Gasteiger partial charge in [-0.25, -0.2) is 4.98 Å². The molecule has 12 nitrogen and oxygen atoms in total. The molecule has 2 saturated heterocycles. The number of rotatable bonds is 13. The van der Waals surface area contributed by atoms with E-state index in [0.717, 1.165) is 54.3 Å². The van der Waals surface area contributed by atoms with Gasteiger partial charge in [0.2, 0.25) is 29.5 Å². The lowest BCUT2D eigenvalue weighted by Crippen LogP contribution is -2.44. The van der Waals surface area contributed by atoms with Crippen LogP contribution in [0.3, 0.4) is 0 Å². The predicted molar refractivity (Wildman–Crippen MR) is 207 cm³/mol. The van der Waals surface area contributed by atoms with Gasteiger partial charge in [-0.05, 0) is 61.4 Å². The van der Waals surface area contributed by atoms with Gasteiger partial charge < -0.3 is 35.1 Å². The molecular weight excluding hydrogens is 763 g/mol. The van der Waals surface area contributed by atoms with E-state index in [4.69, 9.17) is 30.8 Å². The molecule has 1 aliphatic carbocycles. The average molecular weight is 808 g/mol. The van der Waals surface area contributed by atoms with Gasteiger partial charge >= 0.3 is 6.18 Å². The molecular formula is C41H45ClF3N7O5. The maximum Gasteiger partial charge on any atom is 0.421 e. The number of nitrogens with one attached hydrogen (secondary N) is 3. The number of carbonyl (C=O) groups is 2. The first kappa shape index (κ1) is 40.2. The monoisotopic (exact) mass is 807 g/mol. The molecule has 0 radical (unpaired) electrons. The van der Waals surface area contributed by atoms with Gasteiger partial charge in [-0.3, -0.25) is 14.6 Å². The highest BCUT2D eigenvalue weighted by molar-refractivity contribution is 6.35. The Morgan fingerprint density at radius 1 is 0.947 bits per heavy atom. The third-order valence-electron chi connectivity index (χ3n) is 10.9. The van der Waals surface area contributed by atoms with Gasteiger partial charge in [0.1, 0.15) is 11.7 Å². The molecule has 2 amide bonds. The minimum atomic E-state index is -4.75. The van der Waals surface area contributed by atoms with Crippen LogP contribution >= 0.6 is 11.6 Å². The summed E-state index contributed by atoms with van der Waals surface area (Å²) in [6.45, 7) is 4.06. The Hall–Kier alpha value is -4.99. The van der Waals surface area contributed by atoms with Gasteiger partial charge in [-0.1, -0.05) is 35.9 Å². The molecule has 57 heavy (non-hydrogen) atoms. The molecule has 3 aliphatic rings. The molecule has 5 heterocycles. The van der Waals surface area contributed by atoms with E-state index >= 15 is 0 Å². The van der Waals surface area contributed by atoms with Crippen LogP contribution in [-0.2, 0) is 35.3 Å². The van der Waals surface area contributed by atoms with Crippen LogP contribution in [0.4, 0.5) is 13.2 Å². The van der Waals surface area contributed by atoms with Crippen LogP contribution in [0.15, 0.2) is 48.7 Å². The molecule has 3 N–H and O–H groups in total. The molecule has 16 heteroatoms. The number of benzene rings is 1. The summed E-state index contributed by atoms with van der Waals surface area (Å²) < 4.78 is 60.7. The number of ether oxygens (including phenoxy) is 3. The molecule has 0 spiro atoms. The molecule has 0 unspecified atom stereocenters. The summed E-state index contributed by atoms with van der Waals surface area (Å²) in [5.41, 5.74) is 4.19. The molecule has 2 aliphatic heterocycles. The van der Waals surface area contributed by atoms with Crippen molar-refractivity contribution < 1.29 is 37.0 Å². The lowest BCUT2D eigenvalue weighted by Gasteiger charge is -2.31. The van der Waals surface area contributed by atoms with Crippen molar-refractivity contribution in [2.75, 3.05) is 33.9 Å². The van der Waals surface area contributed by atoms with E-state index in [1.165, 1.54) is 7.11 Å². The van der Waals surface area contributed by atoms with Crippen LogP contribution in [0.2, 0.25) is 5.02 Å². The first-order chi connectivity index (χ1) is 27.4. The predicted octanol–water partition coefficient (Wildman–Crippen LogP) is 6.43. The van der Waals surface area contributed by atoms with E-state index in [1.54, 1.807) is 26.3 Å². The fourth-order valence-corrected chi connectivity index (χ4v) is 8.15. The van der Waals surface area contributed by atoms with E-state index < -0.39 is 23.7 Å². The molecule has 2 fully saturated rings. The highest BCUT2D eigenvalue weighted by Gasteiger charge is 2.39. The first-order valence-electron chi connectivity index (χ1n) is 19.0. The van der Waals surface area contributed by atoms with Gasteiger partial charge in [0.15, 0.2) is 0 Å². The standard InChI is InChI=1S/C41H45ClF3N7O5/c1-23(53)52-17-14-26(15-18-52)48-21-24-7-10-33(50-38(24)55-2)31-13-16-47-37(36(31)42)30-6-4-5-29-28(30)9-11-34(29)57-40-32(41(43,44)45)19-25(39(51-40)56-3)20-46-22-27-8-12-35(54)49-27/h4-7,10,13,16,19,26-27,34,46,48H,8-9,11-12,14-15,17-18,20-22H2,1-3H3,(H,49,54)/t27-,34+/m1/s1. The summed E-state index contributed by atoms with van der Waals surface area (Å²) in [5, 5.41) is 9.89. The smallest absolute Gasteiger partial charge is 0.421 e. The van der Waals surface area contributed by atoms with E-state index in [0.29, 0.717) is 66.6 Å². The second-order valence-electron chi connectivity index (χ2n) is 14.5. The Labute approximate surface area is 333 Å². The molecule has 0 saturated carbocycles. The van der Waals surface area contributed by atoms with Crippen molar-refractivity contribution in [2.24, 2.45) is 0 Å². The van der Waals surface area contributed by atoms with Crippen molar-refractivity contribution in [1.29, 1.82) is 0 Å². The minimum absolute atomic E-state index is 0.0155. The topological polar surface area (TPSA) is 140 Å². The third kappa shape index (κ3) is 8.95. The lowest BCUT2D eigenvalue weighted by molar-refractivity contribution is -0.139. The summed E-state index contributed by atoms with van der Waals surface area (Å²) in [4.78, 5) is 38.8. The molecule has 7 rings (SSSR count). The van der Waals surface area contributed by atoms with Crippen molar-refractivity contribution in [3.05, 3.63) is 81.5 Å². The number of amides is 2. The van der Waals surface area contributed by atoms with E-state index in [1.807, 2.05) is 35.2 Å². The maximum atomic E-state index is 14.5. The van der Waals surface area contributed by atoms with Crippen LogP contribution in [0.25, 0.3) is 22.5 Å². The Balaban J connectivity index is 1.09. The second kappa shape index (κ2) is 17.2. The van der Waals surface area contributed by atoms with Gasteiger partial charge in [0.05, 0.1) is 30.6 Å². The number of fused-ring (bicyclic) bond motifs is 1. The molecule has 1 aromatic carbocycles. The van der Waals surface area contributed by atoms with Crippen molar-refractivity contribution in [1.82, 2.24) is 35.8 Å². The molecule has 3 aromatic heterocycles. The number of hydrogen-bond donors (Lipinski definition) is 3. The second-order valence-corrected chi connectivity index (χ2v) is 14.9. The quantitative estimate of drug-likeness (QED) is 0.139. The van der Waals surface area contributed by atoms with Crippen molar-refractivity contribution in [3.8, 4) is 40.2 Å². The fourth-order valence-electron chi connectivity index (χ4n) is 7.84. The number of halogens is 4. The first-order valence-corrected chi connectivity index (χ1v) is 19.4. The Kier molecular flexibility index (Phi) is 12.2. The van der Waals surface area contributed by atoms with Crippen molar-refractivity contribution >= 4 is 23.4 Å². The average Bonchev–Trinajstić information content (AvgIpc) is 3.82. The molecule has 0 bridgehead atoms. The number of likely N-dealkylation sites (tertiary alicyclic amines) is 1. The summed E-state index contributed by atoms with van der Waals surface area (Å²) in [7, 11) is 2.92. The minimum Gasteiger partial charge on any atom is -0.481 e. The number of hydrogen-bond acceptors (Lipinski definition) is 10. The highest BCUT2D eigenvalue weighted by Crippen LogP contribution is 2.45. The van der Waals surface area contributed by atoms with Gasteiger partial charge in [-0.15, -0.1) is 0 Å². The normalized spacial score (nSPS) is 18.4. The van der Waals surface area contributed by atoms with Crippen LogP contribution in [0.5, 0.6) is 17.6 Å². The van der Waals surface area contributed by atoms with Crippen LogP contribution in [-0.4, -0.2) is 77.6 Å². The number of carbonyl (C=O) groups excluding carboxylic acids is 2. The van der Waals surface area contributed by atoms with Gasteiger partial charge in [0.25, 0.3) is 0 Å². The third-order valence-corrected chi connectivity index (χ3v) is 11.2. The van der Waals surface area contributed by atoms with Crippen molar-refractivity contribution in [3.63, 3.8) is 0 Å². The van der Waals surface area contributed by atoms with Gasteiger partial charge in [-0.2, -0.15) is 18.2 Å². The summed E-state index contributed by atoms with van der Waals surface area (Å²) in [5.74, 6) is -0.0325. The Morgan fingerprint density at radius 3 is 2.42 bits per heavy atom. The summed E-state index contributed by atoms with van der Waals surface area (Å²) in [6, 6.07) is 12.4. The van der Waals surface area contributed by atoms with E-state index in [2.05, 4.69) is 25.9 Å². The fraction of sp³-hybridized carbons (Fsp3) is 0.439. The van der Waals surface area contributed by atoms with Crippen LogP contribution < -0.4 is 30.2 Å². The summed E-state index contributed by atoms with van der Waals surface area (Å²) >= 11 is 7.09. The number of alkyl halides is 3. The largest absolute Gasteiger partial charge is 0.481 e. The zero-order chi connectivity index (χ0) is 40.3. The SMILES string of the molecule is COc1nc(-c2ccnc(-c3cccc4c3CC[C@@H]4Oc3nc(OC)c(CNC[C@H]4CCC(=O)N4)cc3C(F)(F)F)c2Cl)ccc1CNC1CCN(C(C)=O)CC1. The van der Waals surface area contributed by atoms with Crippen LogP contribution in [0.1, 0.15) is 72.9 Å².